The Labute approximate surface area is 183 Å². The first-order valence-electron chi connectivity index (χ1n) is 10.3. The highest BCUT2D eigenvalue weighted by molar-refractivity contribution is 6.13. The molecule has 1 amide bonds. The number of nitrogens with one attached hydrogen (secondary N) is 2. The maximum Gasteiger partial charge on any atom is 0.257 e. The monoisotopic (exact) mass is 435 g/mol. The predicted molar refractivity (Wildman–Crippen MR) is 119 cm³/mol. The number of methoxy groups -OCH3 is 1. The van der Waals surface area contributed by atoms with Crippen LogP contribution in [0.1, 0.15) is 16.1 Å². The number of hydrogen-bond donors (Lipinski definition) is 2. The van der Waals surface area contributed by atoms with Crippen molar-refractivity contribution in [3.05, 3.63) is 53.9 Å². The van der Waals surface area contributed by atoms with E-state index in [0.29, 0.717) is 33.9 Å². The van der Waals surface area contributed by atoms with Crippen LogP contribution < -0.4 is 20.3 Å². The molecule has 4 heterocycles. The minimum atomic E-state index is -0.517. The molecule has 1 aliphatic rings. The first-order valence-corrected chi connectivity index (χ1v) is 10.3. The number of fused-ring (bicyclic) bond motifs is 2. The van der Waals surface area contributed by atoms with Crippen molar-refractivity contribution >= 4 is 34.0 Å². The van der Waals surface area contributed by atoms with Crippen molar-refractivity contribution in [3.63, 3.8) is 0 Å². The van der Waals surface area contributed by atoms with Crippen LogP contribution in [0.4, 0.5) is 15.8 Å². The van der Waals surface area contributed by atoms with Crippen molar-refractivity contribution in [2.75, 3.05) is 43.5 Å². The van der Waals surface area contributed by atoms with Gasteiger partial charge in [0.1, 0.15) is 11.0 Å². The number of hydrogen-bond acceptors (Lipinski definition) is 7. The standard InChI is InChI=1S/C22H22FN7O2/c1-13-11-30-12-14(9-16(23)21(30)26-13)27-22(31)15-3-4-17(29-7-5-24-6-8-29)20-19(15)28-18(32-2)10-25-20/h3-4,9-12,24H,5-8H2,1-2H3,(H,27,31). The zero-order chi connectivity index (χ0) is 22.2. The van der Waals surface area contributed by atoms with Crippen LogP contribution in [0.5, 0.6) is 5.88 Å². The van der Waals surface area contributed by atoms with Gasteiger partial charge in [0.25, 0.3) is 5.91 Å². The predicted octanol–water partition coefficient (Wildman–Crippen LogP) is 2.40. The Kier molecular flexibility index (Phi) is 5.06. The average Bonchev–Trinajstić information content (AvgIpc) is 3.19. The van der Waals surface area contributed by atoms with Crippen LogP contribution in [0.15, 0.2) is 36.8 Å². The van der Waals surface area contributed by atoms with Crippen molar-refractivity contribution < 1.29 is 13.9 Å². The van der Waals surface area contributed by atoms with Crippen molar-refractivity contribution in [2.45, 2.75) is 6.92 Å². The molecule has 1 saturated heterocycles. The van der Waals surface area contributed by atoms with Crippen LogP contribution in [-0.2, 0) is 0 Å². The number of imidazole rings is 1. The molecular formula is C22H22FN7O2. The number of aryl methyl sites for hydroxylation is 1. The number of piperazine rings is 1. The first kappa shape index (κ1) is 20.1. The summed E-state index contributed by atoms with van der Waals surface area (Å²) in [5, 5.41) is 6.10. The molecule has 164 valence electrons. The molecule has 0 atom stereocenters. The van der Waals surface area contributed by atoms with Gasteiger partial charge in [-0.2, -0.15) is 0 Å². The van der Waals surface area contributed by atoms with Crippen molar-refractivity contribution in [2.24, 2.45) is 0 Å². The normalized spacial score (nSPS) is 14.2. The van der Waals surface area contributed by atoms with Crippen LogP contribution >= 0.6 is 0 Å². The van der Waals surface area contributed by atoms with E-state index in [1.165, 1.54) is 13.2 Å². The summed E-state index contributed by atoms with van der Waals surface area (Å²) < 4.78 is 21.2. The zero-order valence-electron chi connectivity index (χ0n) is 17.7. The molecule has 32 heavy (non-hydrogen) atoms. The lowest BCUT2D eigenvalue weighted by Crippen LogP contribution is -2.43. The summed E-state index contributed by atoms with van der Waals surface area (Å²) >= 11 is 0. The Bertz CT molecular complexity index is 1330. The van der Waals surface area contributed by atoms with E-state index in [-0.39, 0.29) is 5.65 Å². The number of carbonyl (C=O) groups is 1. The summed E-state index contributed by atoms with van der Waals surface area (Å²) in [6.45, 7) is 5.18. The second-order valence-electron chi connectivity index (χ2n) is 7.62. The minimum Gasteiger partial charge on any atom is -0.480 e. The molecule has 0 aliphatic carbocycles. The van der Waals surface area contributed by atoms with Gasteiger partial charge in [-0.3, -0.25) is 4.79 Å². The average molecular weight is 435 g/mol. The number of benzene rings is 1. The van der Waals surface area contributed by atoms with Gasteiger partial charge in [0.05, 0.1) is 35.9 Å². The summed E-state index contributed by atoms with van der Waals surface area (Å²) in [4.78, 5) is 28.6. The van der Waals surface area contributed by atoms with Crippen LogP contribution in [0, 0.1) is 12.7 Å². The number of nitrogens with zero attached hydrogens (tertiary/aromatic N) is 5. The number of halogens is 1. The summed E-state index contributed by atoms with van der Waals surface area (Å²) in [6, 6.07) is 4.86. The molecule has 0 saturated carbocycles. The molecule has 3 aromatic heterocycles. The number of ether oxygens (including phenoxy) is 1. The number of pyridine rings is 1. The number of anilines is 2. The Morgan fingerprint density at radius 3 is 2.78 bits per heavy atom. The number of rotatable bonds is 4. The van der Waals surface area contributed by atoms with Crippen molar-refractivity contribution in [3.8, 4) is 5.88 Å². The van der Waals surface area contributed by atoms with Gasteiger partial charge in [0.2, 0.25) is 5.88 Å². The quantitative estimate of drug-likeness (QED) is 0.508. The summed E-state index contributed by atoms with van der Waals surface area (Å²) in [5.74, 6) is -0.623. The number of amides is 1. The summed E-state index contributed by atoms with van der Waals surface area (Å²) in [5.41, 5.74) is 3.49. The Hall–Kier alpha value is -3.79. The largest absolute Gasteiger partial charge is 0.480 e. The third-order valence-corrected chi connectivity index (χ3v) is 5.45. The van der Waals surface area contributed by atoms with Crippen LogP contribution in [-0.4, -0.2) is 58.5 Å². The van der Waals surface area contributed by atoms with E-state index >= 15 is 0 Å². The van der Waals surface area contributed by atoms with E-state index in [4.69, 9.17) is 4.74 Å². The van der Waals surface area contributed by atoms with Gasteiger partial charge in [-0.05, 0) is 19.1 Å². The molecule has 1 fully saturated rings. The van der Waals surface area contributed by atoms with Crippen LogP contribution in [0.25, 0.3) is 16.7 Å². The van der Waals surface area contributed by atoms with E-state index in [9.17, 15) is 9.18 Å². The lowest BCUT2D eigenvalue weighted by atomic mass is 10.1. The minimum absolute atomic E-state index is 0.210. The fourth-order valence-corrected chi connectivity index (χ4v) is 3.96. The fraction of sp³-hybridized carbons (Fsp3) is 0.273. The van der Waals surface area contributed by atoms with E-state index in [0.717, 1.165) is 31.9 Å². The van der Waals surface area contributed by atoms with E-state index in [2.05, 4.69) is 30.5 Å². The van der Waals surface area contributed by atoms with Gasteiger partial charge in [-0.1, -0.05) is 0 Å². The summed E-state index contributed by atoms with van der Waals surface area (Å²) in [6.07, 6.45) is 4.86. The molecule has 0 radical (unpaired) electrons. The third kappa shape index (κ3) is 3.58. The molecule has 5 rings (SSSR count). The molecule has 0 unspecified atom stereocenters. The molecule has 0 spiro atoms. The first-order chi connectivity index (χ1) is 15.5. The van der Waals surface area contributed by atoms with Crippen molar-refractivity contribution in [1.29, 1.82) is 0 Å². The Morgan fingerprint density at radius 2 is 2.00 bits per heavy atom. The third-order valence-electron chi connectivity index (χ3n) is 5.45. The maximum absolute atomic E-state index is 14.4. The summed E-state index contributed by atoms with van der Waals surface area (Å²) in [7, 11) is 1.50. The lowest BCUT2D eigenvalue weighted by molar-refractivity contribution is 0.102. The molecule has 1 aromatic carbocycles. The molecule has 4 aromatic rings. The van der Waals surface area contributed by atoms with Gasteiger partial charge in [-0.15, -0.1) is 0 Å². The highest BCUT2D eigenvalue weighted by Gasteiger charge is 2.21. The van der Waals surface area contributed by atoms with E-state index in [1.807, 2.05) is 6.07 Å². The lowest BCUT2D eigenvalue weighted by Gasteiger charge is -2.30. The van der Waals surface area contributed by atoms with Gasteiger partial charge < -0.3 is 24.7 Å². The highest BCUT2D eigenvalue weighted by atomic mass is 19.1. The Balaban J connectivity index is 1.55. The second-order valence-corrected chi connectivity index (χ2v) is 7.62. The van der Waals surface area contributed by atoms with E-state index in [1.54, 1.807) is 36.0 Å². The molecular weight excluding hydrogens is 413 g/mol. The molecule has 2 N–H and O–H groups in total. The molecule has 1 aliphatic heterocycles. The SMILES string of the molecule is COc1cnc2c(N3CCNCC3)ccc(C(=O)Nc3cc(F)c4nc(C)cn4c3)c2n1. The molecule has 9 nitrogen and oxygen atoms in total. The highest BCUT2D eigenvalue weighted by Crippen LogP contribution is 2.29. The second kappa shape index (κ2) is 8.04. The van der Waals surface area contributed by atoms with Gasteiger partial charge >= 0.3 is 0 Å². The fourth-order valence-electron chi connectivity index (χ4n) is 3.96. The molecule has 10 heteroatoms. The van der Waals surface area contributed by atoms with Crippen LogP contribution in [0.2, 0.25) is 0 Å². The molecule has 0 bridgehead atoms. The van der Waals surface area contributed by atoms with E-state index < -0.39 is 11.7 Å². The Morgan fingerprint density at radius 1 is 1.19 bits per heavy atom. The van der Waals surface area contributed by atoms with Crippen molar-refractivity contribution in [1.82, 2.24) is 24.7 Å². The van der Waals surface area contributed by atoms with Gasteiger partial charge in [0.15, 0.2) is 11.5 Å². The maximum atomic E-state index is 14.4. The van der Waals surface area contributed by atoms with Crippen LogP contribution in [0.3, 0.4) is 0 Å². The zero-order valence-corrected chi connectivity index (χ0v) is 17.7. The number of aromatic nitrogens is 4. The smallest absolute Gasteiger partial charge is 0.257 e. The van der Waals surface area contributed by atoms with Gasteiger partial charge in [0, 0.05) is 44.6 Å². The topological polar surface area (TPSA) is 96.7 Å². The number of carbonyl (C=O) groups excluding carboxylic acids is 1. The van der Waals surface area contributed by atoms with Gasteiger partial charge in [-0.25, -0.2) is 19.3 Å².